The van der Waals surface area contributed by atoms with E-state index in [2.05, 4.69) is 5.32 Å². The Morgan fingerprint density at radius 3 is 2.21 bits per heavy atom. The highest BCUT2D eigenvalue weighted by Gasteiger charge is 2.30. The van der Waals surface area contributed by atoms with Gasteiger partial charge in [-0.25, -0.2) is 4.79 Å². The summed E-state index contributed by atoms with van der Waals surface area (Å²) < 4.78 is 42.7. The van der Waals surface area contributed by atoms with Crippen molar-refractivity contribution >= 4 is 23.6 Å². The number of hydrogen-bond acceptors (Lipinski definition) is 4. The summed E-state index contributed by atoms with van der Waals surface area (Å²) in [6.07, 6.45) is -4.41. The number of aryl methyl sites for hydroxylation is 1. The van der Waals surface area contributed by atoms with Crippen LogP contribution in [-0.4, -0.2) is 18.0 Å². The standard InChI is InChI=1S/C21H17F3N2O3/c1-13-3-5-15(6-4-13)11-16(12-25)20(28)29-14(2)19(27)26-18-9-7-17(8-10-18)21(22,23)24/h3-11,14H,1-2H3,(H,26,27)/b16-11+/t14-/m1/s1. The second-order valence-corrected chi connectivity index (χ2v) is 6.19. The number of benzene rings is 2. The molecule has 0 aliphatic carbocycles. The third-order valence-electron chi connectivity index (χ3n) is 3.86. The third-order valence-corrected chi connectivity index (χ3v) is 3.86. The van der Waals surface area contributed by atoms with E-state index in [0.29, 0.717) is 5.56 Å². The predicted molar refractivity (Wildman–Crippen MR) is 100 cm³/mol. The number of halogens is 3. The highest BCUT2D eigenvalue weighted by molar-refractivity contribution is 6.01. The van der Waals surface area contributed by atoms with E-state index in [-0.39, 0.29) is 11.3 Å². The van der Waals surface area contributed by atoms with E-state index < -0.39 is 29.7 Å². The van der Waals surface area contributed by atoms with Gasteiger partial charge in [-0.1, -0.05) is 29.8 Å². The number of nitrogens with zero attached hydrogens (tertiary/aromatic N) is 1. The second-order valence-electron chi connectivity index (χ2n) is 6.19. The predicted octanol–water partition coefficient (Wildman–Crippen LogP) is 4.49. The van der Waals surface area contributed by atoms with Crippen LogP contribution in [-0.2, 0) is 20.5 Å². The molecule has 0 bridgehead atoms. The van der Waals surface area contributed by atoms with E-state index in [1.54, 1.807) is 18.2 Å². The number of anilines is 1. The fraction of sp³-hybridized carbons (Fsp3) is 0.190. The van der Waals surface area contributed by atoms with Crippen molar-refractivity contribution in [1.82, 2.24) is 0 Å². The molecule has 5 nitrogen and oxygen atoms in total. The number of esters is 1. The highest BCUT2D eigenvalue weighted by Crippen LogP contribution is 2.29. The molecule has 29 heavy (non-hydrogen) atoms. The summed E-state index contributed by atoms with van der Waals surface area (Å²) in [6.45, 7) is 3.18. The minimum absolute atomic E-state index is 0.113. The van der Waals surface area contributed by atoms with Gasteiger partial charge >= 0.3 is 12.1 Å². The van der Waals surface area contributed by atoms with Gasteiger partial charge in [0.25, 0.3) is 5.91 Å². The molecule has 0 heterocycles. The lowest BCUT2D eigenvalue weighted by Crippen LogP contribution is -2.30. The number of ether oxygens (including phenoxy) is 1. The first kappa shape index (κ1) is 21.7. The lowest BCUT2D eigenvalue weighted by Gasteiger charge is -2.14. The van der Waals surface area contributed by atoms with Crippen LogP contribution in [0.2, 0.25) is 0 Å². The fourth-order valence-corrected chi connectivity index (χ4v) is 2.23. The van der Waals surface area contributed by atoms with E-state index in [4.69, 9.17) is 4.74 Å². The first-order valence-electron chi connectivity index (χ1n) is 8.47. The Kier molecular flexibility index (Phi) is 6.78. The molecular weight excluding hydrogens is 385 g/mol. The summed E-state index contributed by atoms with van der Waals surface area (Å²) in [7, 11) is 0. The van der Waals surface area contributed by atoms with Crippen molar-refractivity contribution in [3.05, 3.63) is 70.8 Å². The van der Waals surface area contributed by atoms with Gasteiger partial charge in [-0.15, -0.1) is 0 Å². The van der Waals surface area contributed by atoms with Crippen molar-refractivity contribution in [2.45, 2.75) is 26.1 Å². The van der Waals surface area contributed by atoms with Crippen LogP contribution in [0.5, 0.6) is 0 Å². The van der Waals surface area contributed by atoms with E-state index in [1.807, 2.05) is 19.1 Å². The zero-order chi connectivity index (χ0) is 21.6. The van der Waals surface area contributed by atoms with Crippen LogP contribution in [0.1, 0.15) is 23.6 Å². The number of carbonyl (C=O) groups is 2. The molecule has 0 radical (unpaired) electrons. The van der Waals surface area contributed by atoms with Gasteiger partial charge in [-0.3, -0.25) is 4.79 Å². The third kappa shape index (κ3) is 6.21. The minimum Gasteiger partial charge on any atom is -0.448 e. The van der Waals surface area contributed by atoms with Crippen molar-refractivity contribution in [3.8, 4) is 6.07 Å². The zero-order valence-corrected chi connectivity index (χ0v) is 15.6. The molecule has 1 atom stereocenters. The van der Waals surface area contributed by atoms with Crippen LogP contribution in [0.4, 0.5) is 18.9 Å². The van der Waals surface area contributed by atoms with E-state index in [1.165, 1.54) is 13.0 Å². The highest BCUT2D eigenvalue weighted by atomic mass is 19.4. The fourth-order valence-electron chi connectivity index (χ4n) is 2.23. The Morgan fingerprint density at radius 1 is 1.10 bits per heavy atom. The molecule has 0 unspecified atom stereocenters. The van der Waals surface area contributed by atoms with E-state index in [9.17, 15) is 28.0 Å². The number of rotatable bonds is 5. The van der Waals surface area contributed by atoms with Gasteiger partial charge in [0.1, 0.15) is 11.6 Å². The monoisotopic (exact) mass is 402 g/mol. The molecule has 150 valence electrons. The quantitative estimate of drug-likeness (QED) is 0.454. The number of amides is 1. The molecule has 2 aromatic carbocycles. The number of alkyl halides is 3. The smallest absolute Gasteiger partial charge is 0.416 e. The van der Waals surface area contributed by atoms with Gasteiger partial charge in [0, 0.05) is 5.69 Å². The molecular formula is C21H17F3N2O3. The number of hydrogen-bond donors (Lipinski definition) is 1. The molecule has 0 aromatic heterocycles. The van der Waals surface area contributed by atoms with Crippen molar-refractivity contribution in [1.29, 1.82) is 5.26 Å². The molecule has 8 heteroatoms. The zero-order valence-electron chi connectivity index (χ0n) is 15.6. The number of carbonyl (C=O) groups excluding carboxylic acids is 2. The van der Waals surface area contributed by atoms with Gasteiger partial charge in [0.15, 0.2) is 6.10 Å². The number of nitriles is 1. The summed E-state index contributed by atoms with van der Waals surface area (Å²) in [5.74, 6) is -1.73. The van der Waals surface area contributed by atoms with Crippen LogP contribution in [0.15, 0.2) is 54.1 Å². The van der Waals surface area contributed by atoms with Gasteiger partial charge in [-0.05, 0) is 49.8 Å². The SMILES string of the molecule is Cc1ccc(/C=C(\C#N)C(=O)O[C@H](C)C(=O)Nc2ccc(C(F)(F)F)cc2)cc1. The molecule has 0 saturated heterocycles. The van der Waals surface area contributed by atoms with Crippen molar-refractivity contribution < 1.29 is 27.5 Å². The summed E-state index contributed by atoms with van der Waals surface area (Å²) in [5.41, 5.74) is 0.599. The van der Waals surface area contributed by atoms with Crippen LogP contribution in [0.25, 0.3) is 6.08 Å². The lowest BCUT2D eigenvalue weighted by atomic mass is 10.1. The molecule has 1 N–H and O–H groups in total. The van der Waals surface area contributed by atoms with Crippen molar-refractivity contribution in [2.75, 3.05) is 5.32 Å². The molecule has 0 aliphatic rings. The summed E-state index contributed by atoms with van der Waals surface area (Å²) in [6, 6.07) is 12.6. The van der Waals surface area contributed by atoms with Crippen molar-refractivity contribution in [3.63, 3.8) is 0 Å². The average Bonchev–Trinajstić information content (AvgIpc) is 2.67. The normalized spacial score (nSPS) is 12.6. The van der Waals surface area contributed by atoms with Crippen LogP contribution in [0, 0.1) is 18.3 Å². The Hall–Kier alpha value is -3.60. The van der Waals surface area contributed by atoms with Crippen molar-refractivity contribution in [2.24, 2.45) is 0 Å². The maximum atomic E-state index is 12.6. The molecule has 0 saturated carbocycles. The Labute approximate surface area is 165 Å². The maximum Gasteiger partial charge on any atom is 0.416 e. The van der Waals surface area contributed by atoms with Gasteiger partial charge in [0.2, 0.25) is 0 Å². The Morgan fingerprint density at radius 2 is 1.69 bits per heavy atom. The summed E-state index contributed by atoms with van der Waals surface area (Å²) >= 11 is 0. The minimum atomic E-state index is -4.48. The first-order valence-corrected chi connectivity index (χ1v) is 8.47. The molecule has 1 amide bonds. The molecule has 2 rings (SSSR count). The largest absolute Gasteiger partial charge is 0.448 e. The first-order chi connectivity index (χ1) is 13.6. The molecule has 0 fully saturated rings. The van der Waals surface area contributed by atoms with Crippen LogP contribution >= 0.6 is 0 Å². The topological polar surface area (TPSA) is 79.2 Å². The Bertz CT molecular complexity index is 957. The second kappa shape index (κ2) is 9.06. The summed E-state index contributed by atoms with van der Waals surface area (Å²) in [5, 5.41) is 11.5. The van der Waals surface area contributed by atoms with E-state index >= 15 is 0 Å². The molecule has 0 aliphatic heterocycles. The summed E-state index contributed by atoms with van der Waals surface area (Å²) in [4.78, 5) is 24.3. The molecule has 2 aromatic rings. The number of nitrogens with one attached hydrogen (secondary N) is 1. The maximum absolute atomic E-state index is 12.6. The van der Waals surface area contributed by atoms with Gasteiger partial charge in [-0.2, -0.15) is 18.4 Å². The molecule has 0 spiro atoms. The van der Waals surface area contributed by atoms with E-state index in [0.717, 1.165) is 29.8 Å². The van der Waals surface area contributed by atoms with Gasteiger partial charge < -0.3 is 10.1 Å². The Balaban J connectivity index is 2.01. The van der Waals surface area contributed by atoms with Gasteiger partial charge in [0.05, 0.1) is 5.56 Å². The lowest BCUT2D eigenvalue weighted by molar-refractivity contribution is -0.148. The van der Waals surface area contributed by atoms with Crippen LogP contribution in [0.3, 0.4) is 0 Å². The average molecular weight is 402 g/mol. The van der Waals surface area contributed by atoms with Crippen LogP contribution < -0.4 is 5.32 Å².